The predicted octanol–water partition coefficient (Wildman–Crippen LogP) is 5.90. The van der Waals surface area contributed by atoms with Gasteiger partial charge < -0.3 is 14.6 Å². The number of rotatable bonds is 9. The van der Waals surface area contributed by atoms with E-state index in [0.717, 1.165) is 10.4 Å². The smallest absolute Gasteiger partial charge is 0.310 e. The minimum Gasteiger partial charge on any atom is -0.507 e. The molecule has 8 heteroatoms. The molecule has 0 bridgehead atoms. The van der Waals surface area contributed by atoms with Crippen LogP contribution < -0.4 is 9.64 Å². The fraction of sp³-hybridized carbons (Fsp3) is 0.300. The molecular weight excluding hydrogens is 502 g/mol. The molecule has 1 N–H and O–H groups in total. The summed E-state index contributed by atoms with van der Waals surface area (Å²) in [5, 5.41) is 13.2. The van der Waals surface area contributed by atoms with E-state index in [1.54, 1.807) is 62.4 Å². The van der Waals surface area contributed by atoms with E-state index in [1.165, 1.54) is 16.2 Å². The minimum absolute atomic E-state index is 0.0167. The maximum absolute atomic E-state index is 13.3. The van der Waals surface area contributed by atoms with Crippen LogP contribution in [0, 0.1) is 5.92 Å². The second kappa shape index (κ2) is 11.6. The van der Waals surface area contributed by atoms with Crippen LogP contribution in [0.5, 0.6) is 5.75 Å². The molecule has 1 aliphatic heterocycles. The van der Waals surface area contributed by atoms with Crippen molar-refractivity contribution in [2.24, 2.45) is 5.92 Å². The largest absolute Gasteiger partial charge is 0.507 e. The number of carbonyl (C=O) groups is 3. The van der Waals surface area contributed by atoms with Crippen molar-refractivity contribution < 1.29 is 29.0 Å². The monoisotopic (exact) mass is 533 g/mol. The summed E-state index contributed by atoms with van der Waals surface area (Å²) >= 11 is 1.39. The van der Waals surface area contributed by atoms with Gasteiger partial charge in [0.25, 0.3) is 11.7 Å². The fourth-order valence-electron chi connectivity index (χ4n) is 4.21. The Labute approximate surface area is 226 Å². The SMILES string of the molecule is CC(C)COc1cccc(/C(O)=C2/C(=O)C(=O)N(c3ccc(CC(=O)OC(C)C)cc3)C2c2cccs2)c1. The summed E-state index contributed by atoms with van der Waals surface area (Å²) < 4.78 is 11.0. The van der Waals surface area contributed by atoms with E-state index < -0.39 is 17.7 Å². The van der Waals surface area contributed by atoms with Crippen LogP contribution in [-0.4, -0.2) is 35.5 Å². The minimum atomic E-state index is -0.799. The standard InChI is InChI=1S/C30H31NO6S/c1-18(2)17-36-23-8-5-7-21(16-23)28(33)26-27(24-9-6-14-38-24)31(30(35)29(26)34)22-12-10-20(11-13-22)15-25(32)37-19(3)4/h5-14,16,18-19,27,33H,15,17H2,1-4H3/b28-26-. The van der Waals surface area contributed by atoms with Gasteiger partial charge in [0.15, 0.2) is 0 Å². The highest BCUT2D eigenvalue weighted by atomic mass is 32.1. The summed E-state index contributed by atoms with van der Waals surface area (Å²) in [5.41, 5.74) is 1.62. The molecule has 0 aliphatic carbocycles. The molecule has 2 aromatic carbocycles. The van der Waals surface area contributed by atoms with Crippen molar-refractivity contribution in [2.75, 3.05) is 11.5 Å². The van der Waals surface area contributed by atoms with Crippen molar-refractivity contribution >= 4 is 40.4 Å². The molecule has 1 amide bonds. The summed E-state index contributed by atoms with van der Waals surface area (Å²) in [4.78, 5) is 40.8. The van der Waals surface area contributed by atoms with Crippen molar-refractivity contribution in [3.63, 3.8) is 0 Å². The Morgan fingerprint density at radius 1 is 1.03 bits per heavy atom. The third-order valence-electron chi connectivity index (χ3n) is 5.88. The number of amides is 1. The molecule has 2 heterocycles. The Hall–Kier alpha value is -3.91. The molecule has 4 rings (SSSR count). The molecule has 0 radical (unpaired) electrons. The second-order valence-corrected chi connectivity index (χ2v) is 10.8. The quantitative estimate of drug-likeness (QED) is 0.159. The highest BCUT2D eigenvalue weighted by molar-refractivity contribution is 7.10. The number of benzene rings is 2. The van der Waals surface area contributed by atoms with Gasteiger partial charge in [-0.25, -0.2) is 0 Å². The lowest BCUT2D eigenvalue weighted by Gasteiger charge is -2.24. The molecule has 0 spiro atoms. The van der Waals surface area contributed by atoms with Crippen LogP contribution in [0.15, 0.2) is 71.6 Å². The molecule has 38 heavy (non-hydrogen) atoms. The summed E-state index contributed by atoms with van der Waals surface area (Å²) in [6.07, 6.45) is -0.108. The zero-order valence-corrected chi connectivity index (χ0v) is 22.7. The summed E-state index contributed by atoms with van der Waals surface area (Å²) in [6.45, 7) is 8.16. The number of aliphatic hydroxyl groups excluding tert-OH is 1. The third kappa shape index (κ3) is 5.97. The number of aliphatic hydroxyl groups is 1. The van der Waals surface area contributed by atoms with Crippen molar-refractivity contribution in [3.05, 3.63) is 87.6 Å². The van der Waals surface area contributed by atoms with Gasteiger partial charge in [-0.2, -0.15) is 0 Å². The predicted molar refractivity (Wildman–Crippen MR) is 147 cm³/mol. The Balaban J connectivity index is 1.71. The van der Waals surface area contributed by atoms with Gasteiger partial charge in [0.1, 0.15) is 17.6 Å². The van der Waals surface area contributed by atoms with Gasteiger partial charge >= 0.3 is 5.97 Å². The number of ketones is 1. The molecule has 1 fully saturated rings. The van der Waals surface area contributed by atoms with E-state index in [9.17, 15) is 19.5 Å². The molecule has 7 nitrogen and oxygen atoms in total. The van der Waals surface area contributed by atoms with Crippen LogP contribution in [0.2, 0.25) is 0 Å². The number of Topliss-reactive ketones (excluding diaryl/α,β-unsaturated/α-hetero) is 1. The van der Waals surface area contributed by atoms with Crippen LogP contribution in [0.3, 0.4) is 0 Å². The van der Waals surface area contributed by atoms with Gasteiger partial charge in [-0.15, -0.1) is 11.3 Å². The van der Waals surface area contributed by atoms with Crippen molar-refractivity contribution in [1.82, 2.24) is 0 Å². The van der Waals surface area contributed by atoms with Crippen LogP contribution in [0.25, 0.3) is 5.76 Å². The average molecular weight is 534 g/mol. The lowest BCUT2D eigenvalue weighted by atomic mass is 9.99. The summed E-state index contributed by atoms with van der Waals surface area (Å²) in [7, 11) is 0. The Kier molecular flexibility index (Phi) is 8.32. The lowest BCUT2D eigenvalue weighted by Crippen LogP contribution is -2.29. The first-order valence-corrected chi connectivity index (χ1v) is 13.4. The van der Waals surface area contributed by atoms with Crippen LogP contribution in [-0.2, 0) is 25.5 Å². The Morgan fingerprint density at radius 3 is 2.39 bits per heavy atom. The number of anilines is 1. The molecule has 3 aromatic rings. The van der Waals surface area contributed by atoms with Gasteiger partial charge in [0.05, 0.1) is 24.7 Å². The van der Waals surface area contributed by atoms with E-state index in [0.29, 0.717) is 29.5 Å². The van der Waals surface area contributed by atoms with E-state index in [4.69, 9.17) is 9.47 Å². The molecular formula is C30H31NO6S. The van der Waals surface area contributed by atoms with Gasteiger partial charge in [0, 0.05) is 16.1 Å². The zero-order valence-electron chi connectivity index (χ0n) is 21.8. The highest BCUT2D eigenvalue weighted by Gasteiger charge is 2.47. The normalized spacial score (nSPS) is 16.9. The van der Waals surface area contributed by atoms with E-state index in [2.05, 4.69) is 0 Å². The molecule has 1 saturated heterocycles. The topological polar surface area (TPSA) is 93.1 Å². The number of esters is 1. The van der Waals surface area contributed by atoms with Gasteiger partial charge in [-0.1, -0.05) is 44.2 Å². The van der Waals surface area contributed by atoms with Crippen LogP contribution >= 0.6 is 11.3 Å². The number of nitrogens with zero attached hydrogens (tertiary/aromatic N) is 1. The van der Waals surface area contributed by atoms with E-state index >= 15 is 0 Å². The first kappa shape index (κ1) is 27.1. The van der Waals surface area contributed by atoms with Gasteiger partial charge in [0.2, 0.25) is 0 Å². The molecule has 1 unspecified atom stereocenters. The van der Waals surface area contributed by atoms with Crippen molar-refractivity contribution in [1.29, 1.82) is 0 Å². The molecule has 0 saturated carbocycles. The zero-order chi connectivity index (χ0) is 27.4. The fourth-order valence-corrected chi connectivity index (χ4v) is 5.04. The molecule has 1 aromatic heterocycles. The van der Waals surface area contributed by atoms with Crippen LogP contribution in [0.4, 0.5) is 5.69 Å². The molecule has 1 aliphatic rings. The average Bonchev–Trinajstić information content (AvgIpc) is 3.49. The Bertz CT molecular complexity index is 1340. The molecule has 1 atom stereocenters. The maximum Gasteiger partial charge on any atom is 0.310 e. The highest BCUT2D eigenvalue weighted by Crippen LogP contribution is 2.43. The van der Waals surface area contributed by atoms with Crippen molar-refractivity contribution in [2.45, 2.75) is 46.3 Å². The maximum atomic E-state index is 13.3. The number of hydrogen-bond donors (Lipinski definition) is 1. The van der Waals surface area contributed by atoms with Gasteiger partial charge in [-0.05, 0) is 61.0 Å². The second-order valence-electron chi connectivity index (χ2n) is 9.80. The summed E-state index contributed by atoms with van der Waals surface area (Å²) in [5.74, 6) is -1.21. The van der Waals surface area contributed by atoms with Gasteiger partial charge in [-0.3, -0.25) is 19.3 Å². The van der Waals surface area contributed by atoms with Crippen molar-refractivity contribution in [3.8, 4) is 5.75 Å². The first-order valence-electron chi connectivity index (χ1n) is 12.5. The summed E-state index contributed by atoms with van der Waals surface area (Å²) in [6, 6.07) is 16.6. The molecule has 198 valence electrons. The number of hydrogen-bond acceptors (Lipinski definition) is 7. The Morgan fingerprint density at radius 2 is 1.76 bits per heavy atom. The number of carbonyl (C=O) groups excluding carboxylic acids is 3. The van der Waals surface area contributed by atoms with E-state index in [1.807, 2.05) is 31.4 Å². The van der Waals surface area contributed by atoms with E-state index in [-0.39, 0.29) is 29.8 Å². The lowest BCUT2D eigenvalue weighted by molar-refractivity contribution is -0.146. The number of ether oxygens (including phenoxy) is 2. The first-order chi connectivity index (χ1) is 18.2. The number of thiophene rings is 1. The third-order valence-corrected chi connectivity index (χ3v) is 6.80. The van der Waals surface area contributed by atoms with Crippen LogP contribution in [0.1, 0.15) is 49.7 Å².